The van der Waals surface area contributed by atoms with Gasteiger partial charge in [0.1, 0.15) is 12.4 Å². The predicted molar refractivity (Wildman–Crippen MR) is 99.8 cm³/mol. The van der Waals surface area contributed by atoms with Gasteiger partial charge < -0.3 is 19.5 Å². The minimum absolute atomic E-state index is 0.116. The molecule has 1 fully saturated rings. The first kappa shape index (κ1) is 18.8. The first-order valence-corrected chi connectivity index (χ1v) is 8.82. The van der Waals surface area contributed by atoms with Crippen molar-refractivity contribution in [3.63, 3.8) is 0 Å². The average molecular weight is 369 g/mol. The average Bonchev–Trinajstić information content (AvgIpc) is 3.12. The summed E-state index contributed by atoms with van der Waals surface area (Å²) < 4.78 is 10.8. The predicted octanol–water partition coefficient (Wildman–Crippen LogP) is 3.44. The van der Waals surface area contributed by atoms with Crippen LogP contribution in [0.1, 0.15) is 22.6 Å². The fourth-order valence-electron chi connectivity index (χ4n) is 3.47. The third-order valence-electron chi connectivity index (χ3n) is 4.89. The zero-order chi connectivity index (χ0) is 19.4. The number of hydrogen-bond acceptors (Lipinski definition) is 4. The summed E-state index contributed by atoms with van der Waals surface area (Å²) in [7, 11) is 1.56. The first-order valence-electron chi connectivity index (χ1n) is 8.82. The lowest BCUT2D eigenvalue weighted by molar-refractivity contribution is -0.141. The maximum Gasteiger partial charge on any atom is 0.410 e. The number of benzene rings is 2. The Morgan fingerprint density at radius 1 is 1.15 bits per heavy atom. The molecule has 2 aromatic rings. The van der Waals surface area contributed by atoms with Crippen LogP contribution in [0.2, 0.25) is 0 Å². The molecule has 2 unspecified atom stereocenters. The van der Waals surface area contributed by atoms with Crippen LogP contribution < -0.4 is 4.74 Å². The van der Waals surface area contributed by atoms with E-state index in [-0.39, 0.29) is 25.6 Å². The Labute approximate surface area is 158 Å². The number of carbonyl (C=O) groups is 2. The number of ether oxygens (including phenoxy) is 2. The Balaban J connectivity index is 1.76. The van der Waals surface area contributed by atoms with Crippen LogP contribution in [-0.2, 0) is 16.1 Å². The van der Waals surface area contributed by atoms with Crippen LogP contribution in [0.5, 0.6) is 5.75 Å². The lowest BCUT2D eigenvalue weighted by Gasteiger charge is -2.19. The molecule has 1 amide bonds. The van der Waals surface area contributed by atoms with E-state index in [0.717, 1.165) is 16.7 Å². The second-order valence-corrected chi connectivity index (χ2v) is 6.74. The molecular weight excluding hydrogens is 346 g/mol. The topological polar surface area (TPSA) is 76.1 Å². The summed E-state index contributed by atoms with van der Waals surface area (Å²) in [6, 6.07) is 15.1. The highest BCUT2D eigenvalue weighted by molar-refractivity contribution is 5.76. The Kier molecular flexibility index (Phi) is 5.64. The van der Waals surface area contributed by atoms with Gasteiger partial charge in [-0.05, 0) is 18.6 Å². The van der Waals surface area contributed by atoms with Crippen LogP contribution in [0.3, 0.4) is 0 Å². The molecular formula is C21H23NO5. The monoisotopic (exact) mass is 369 g/mol. The molecule has 6 heteroatoms. The molecule has 1 heterocycles. The van der Waals surface area contributed by atoms with Crippen molar-refractivity contribution in [2.75, 3.05) is 20.2 Å². The van der Waals surface area contributed by atoms with Gasteiger partial charge in [-0.15, -0.1) is 0 Å². The molecule has 1 aliphatic rings. The number of nitrogens with zero attached hydrogens (tertiary/aromatic N) is 1. The van der Waals surface area contributed by atoms with Gasteiger partial charge in [0.15, 0.2) is 0 Å². The van der Waals surface area contributed by atoms with Gasteiger partial charge in [0.25, 0.3) is 0 Å². The van der Waals surface area contributed by atoms with Gasteiger partial charge in [0.05, 0.1) is 13.0 Å². The van der Waals surface area contributed by atoms with Crippen molar-refractivity contribution in [2.45, 2.75) is 19.4 Å². The van der Waals surface area contributed by atoms with Crippen LogP contribution in [0, 0.1) is 12.8 Å². The molecule has 0 saturated carbocycles. The second kappa shape index (κ2) is 8.12. The molecule has 0 bridgehead atoms. The van der Waals surface area contributed by atoms with Crippen molar-refractivity contribution in [1.29, 1.82) is 0 Å². The number of aliphatic carboxylic acids is 1. The number of rotatable bonds is 5. The van der Waals surface area contributed by atoms with Gasteiger partial charge in [0, 0.05) is 24.6 Å². The van der Waals surface area contributed by atoms with Crippen molar-refractivity contribution in [3.05, 3.63) is 65.2 Å². The van der Waals surface area contributed by atoms with E-state index in [4.69, 9.17) is 9.47 Å². The number of likely N-dealkylation sites (tertiary alicyclic amines) is 1. The van der Waals surface area contributed by atoms with Gasteiger partial charge >= 0.3 is 12.1 Å². The Morgan fingerprint density at radius 3 is 2.56 bits per heavy atom. The summed E-state index contributed by atoms with van der Waals surface area (Å²) in [5, 5.41) is 9.67. The Bertz CT molecular complexity index is 821. The normalized spacial score (nSPS) is 19.0. The van der Waals surface area contributed by atoms with Crippen molar-refractivity contribution >= 4 is 12.1 Å². The van der Waals surface area contributed by atoms with Gasteiger partial charge in [-0.25, -0.2) is 4.79 Å². The summed E-state index contributed by atoms with van der Waals surface area (Å²) >= 11 is 0. The summed E-state index contributed by atoms with van der Waals surface area (Å²) in [5.74, 6) is -1.34. The number of methoxy groups -OCH3 is 1. The van der Waals surface area contributed by atoms with Crippen LogP contribution >= 0.6 is 0 Å². The SMILES string of the molecule is COc1ccc(C)cc1C1CN(C(=O)OCc2ccccc2)CC1C(=O)O. The molecule has 6 nitrogen and oxygen atoms in total. The summed E-state index contributed by atoms with van der Waals surface area (Å²) in [5.41, 5.74) is 2.71. The van der Waals surface area contributed by atoms with E-state index in [9.17, 15) is 14.7 Å². The van der Waals surface area contributed by atoms with Gasteiger partial charge in [-0.2, -0.15) is 0 Å². The number of carboxylic acids is 1. The summed E-state index contributed by atoms with van der Waals surface area (Å²) in [4.78, 5) is 25.7. The van der Waals surface area contributed by atoms with Gasteiger partial charge in [-0.1, -0.05) is 48.0 Å². The van der Waals surface area contributed by atoms with E-state index in [2.05, 4.69) is 0 Å². The van der Waals surface area contributed by atoms with Crippen LogP contribution in [0.25, 0.3) is 0 Å². The molecule has 1 saturated heterocycles. The zero-order valence-corrected chi connectivity index (χ0v) is 15.4. The third-order valence-corrected chi connectivity index (χ3v) is 4.89. The highest BCUT2D eigenvalue weighted by Gasteiger charge is 2.42. The van der Waals surface area contributed by atoms with Crippen molar-refractivity contribution < 1.29 is 24.2 Å². The molecule has 0 aromatic heterocycles. The third kappa shape index (κ3) is 4.22. The van der Waals surface area contributed by atoms with Crippen LogP contribution in [0.15, 0.2) is 48.5 Å². The van der Waals surface area contributed by atoms with Crippen molar-refractivity contribution in [1.82, 2.24) is 4.90 Å². The van der Waals surface area contributed by atoms with Gasteiger partial charge in [-0.3, -0.25) is 4.79 Å². The van der Waals surface area contributed by atoms with Crippen molar-refractivity contribution in [3.8, 4) is 5.75 Å². The zero-order valence-electron chi connectivity index (χ0n) is 15.4. The number of carbonyl (C=O) groups excluding carboxylic acids is 1. The molecule has 27 heavy (non-hydrogen) atoms. The fraction of sp³-hybridized carbons (Fsp3) is 0.333. The fourth-order valence-corrected chi connectivity index (χ4v) is 3.47. The standard InChI is InChI=1S/C21H23NO5/c1-14-8-9-19(26-2)16(10-14)17-11-22(12-18(17)20(23)24)21(25)27-13-15-6-4-3-5-7-15/h3-10,17-18H,11-13H2,1-2H3,(H,23,24). The lowest BCUT2D eigenvalue weighted by atomic mass is 9.87. The lowest BCUT2D eigenvalue weighted by Crippen LogP contribution is -2.30. The smallest absolute Gasteiger partial charge is 0.410 e. The highest BCUT2D eigenvalue weighted by Crippen LogP contribution is 2.38. The Morgan fingerprint density at radius 2 is 1.89 bits per heavy atom. The van der Waals surface area contributed by atoms with E-state index in [1.807, 2.05) is 55.5 Å². The first-order chi connectivity index (χ1) is 13.0. The maximum absolute atomic E-state index is 12.5. The molecule has 3 rings (SSSR count). The van der Waals surface area contributed by atoms with Crippen molar-refractivity contribution in [2.24, 2.45) is 5.92 Å². The highest BCUT2D eigenvalue weighted by atomic mass is 16.6. The van der Waals surface area contributed by atoms with E-state index in [1.54, 1.807) is 7.11 Å². The molecule has 1 aliphatic heterocycles. The number of aryl methyl sites for hydroxylation is 1. The molecule has 0 aliphatic carbocycles. The summed E-state index contributed by atoms with van der Waals surface area (Å²) in [6.07, 6.45) is -0.501. The summed E-state index contributed by atoms with van der Waals surface area (Å²) in [6.45, 7) is 2.50. The minimum Gasteiger partial charge on any atom is -0.496 e. The molecule has 1 N–H and O–H groups in total. The molecule has 2 atom stereocenters. The van der Waals surface area contributed by atoms with E-state index in [1.165, 1.54) is 4.90 Å². The van der Waals surface area contributed by atoms with Gasteiger partial charge in [0.2, 0.25) is 0 Å². The van der Waals surface area contributed by atoms with E-state index >= 15 is 0 Å². The Hall–Kier alpha value is -3.02. The largest absolute Gasteiger partial charge is 0.496 e. The van der Waals surface area contributed by atoms with Crippen LogP contribution in [0.4, 0.5) is 4.79 Å². The molecule has 2 aromatic carbocycles. The van der Waals surface area contributed by atoms with E-state index < -0.39 is 18.0 Å². The number of amides is 1. The second-order valence-electron chi connectivity index (χ2n) is 6.74. The van der Waals surface area contributed by atoms with Crippen LogP contribution in [-0.4, -0.2) is 42.3 Å². The number of hydrogen-bond donors (Lipinski definition) is 1. The minimum atomic E-state index is -0.929. The quantitative estimate of drug-likeness (QED) is 0.874. The number of carboxylic acid groups (broad SMARTS) is 1. The molecule has 0 spiro atoms. The van der Waals surface area contributed by atoms with E-state index in [0.29, 0.717) is 5.75 Å². The molecule has 0 radical (unpaired) electrons. The molecule has 142 valence electrons. The maximum atomic E-state index is 12.5.